The fourth-order valence-corrected chi connectivity index (χ4v) is 3.59. The largest absolute Gasteiger partial charge is 0.472 e. The molecule has 1 aromatic heterocycles. The van der Waals surface area contributed by atoms with Crippen LogP contribution in [0.25, 0.3) is 0 Å². The first-order valence-corrected chi connectivity index (χ1v) is 7.93. The monoisotopic (exact) mass is 292 g/mol. The van der Waals surface area contributed by atoms with Crippen molar-refractivity contribution >= 4 is 5.91 Å². The van der Waals surface area contributed by atoms with Crippen LogP contribution in [0.2, 0.25) is 0 Å². The van der Waals surface area contributed by atoms with E-state index in [1.54, 1.807) is 6.07 Å². The molecule has 1 aromatic rings. The molecule has 0 aromatic carbocycles. The van der Waals surface area contributed by atoms with Crippen molar-refractivity contribution < 1.29 is 13.9 Å². The average Bonchev–Trinajstić information content (AvgIpc) is 3.09. The quantitative estimate of drug-likeness (QED) is 0.923. The number of morpholine rings is 1. The molecule has 5 heteroatoms. The van der Waals surface area contributed by atoms with E-state index in [9.17, 15) is 4.79 Å². The Hall–Kier alpha value is -1.33. The molecule has 0 bridgehead atoms. The SMILES string of the molecule is O=C(NCC1(N2CCOCC2)CCCCC1)c1ccoc1. The molecule has 2 aliphatic rings. The van der Waals surface area contributed by atoms with Gasteiger partial charge in [0.15, 0.2) is 0 Å². The van der Waals surface area contributed by atoms with Gasteiger partial charge in [-0.3, -0.25) is 9.69 Å². The van der Waals surface area contributed by atoms with Gasteiger partial charge in [-0.1, -0.05) is 19.3 Å². The van der Waals surface area contributed by atoms with Crippen molar-refractivity contribution in [3.63, 3.8) is 0 Å². The van der Waals surface area contributed by atoms with E-state index in [0.29, 0.717) is 5.56 Å². The summed E-state index contributed by atoms with van der Waals surface area (Å²) in [5.41, 5.74) is 0.712. The zero-order chi connectivity index (χ0) is 14.5. The Balaban J connectivity index is 1.65. The van der Waals surface area contributed by atoms with Crippen LogP contribution in [0.5, 0.6) is 0 Å². The molecule has 0 radical (unpaired) electrons. The number of hydrogen-bond acceptors (Lipinski definition) is 4. The predicted molar refractivity (Wildman–Crippen MR) is 79.2 cm³/mol. The van der Waals surface area contributed by atoms with Gasteiger partial charge in [-0.2, -0.15) is 0 Å². The molecule has 3 rings (SSSR count). The van der Waals surface area contributed by atoms with Crippen molar-refractivity contribution in [2.75, 3.05) is 32.8 Å². The molecule has 0 spiro atoms. The van der Waals surface area contributed by atoms with Crippen LogP contribution in [0.1, 0.15) is 42.5 Å². The lowest BCUT2D eigenvalue weighted by Crippen LogP contribution is -2.59. The fourth-order valence-electron chi connectivity index (χ4n) is 3.59. The Morgan fingerprint density at radius 3 is 2.67 bits per heavy atom. The summed E-state index contributed by atoms with van der Waals surface area (Å²) in [5.74, 6) is -0.0399. The lowest BCUT2D eigenvalue weighted by Gasteiger charge is -2.48. The van der Waals surface area contributed by atoms with Crippen LogP contribution < -0.4 is 5.32 Å². The van der Waals surface area contributed by atoms with Gasteiger partial charge in [0.25, 0.3) is 5.91 Å². The number of nitrogens with zero attached hydrogens (tertiary/aromatic N) is 1. The fraction of sp³-hybridized carbons (Fsp3) is 0.688. The Bertz CT molecular complexity index is 446. The molecule has 1 aliphatic carbocycles. The molecule has 21 heavy (non-hydrogen) atoms. The average molecular weight is 292 g/mol. The van der Waals surface area contributed by atoms with Gasteiger partial charge in [0, 0.05) is 25.2 Å². The highest BCUT2D eigenvalue weighted by atomic mass is 16.5. The third kappa shape index (κ3) is 3.30. The number of ether oxygens (including phenoxy) is 1. The van der Waals surface area contributed by atoms with E-state index >= 15 is 0 Å². The van der Waals surface area contributed by atoms with E-state index in [-0.39, 0.29) is 11.4 Å². The number of hydrogen-bond donors (Lipinski definition) is 1. The lowest BCUT2D eigenvalue weighted by atomic mass is 9.79. The molecule has 1 amide bonds. The molecular weight excluding hydrogens is 268 g/mol. The first kappa shape index (κ1) is 14.6. The van der Waals surface area contributed by atoms with Crippen molar-refractivity contribution in [1.82, 2.24) is 10.2 Å². The molecule has 1 N–H and O–H groups in total. The first-order chi connectivity index (χ1) is 10.3. The summed E-state index contributed by atoms with van der Waals surface area (Å²) in [6.45, 7) is 4.27. The van der Waals surface area contributed by atoms with Crippen molar-refractivity contribution in [2.45, 2.75) is 37.6 Å². The van der Waals surface area contributed by atoms with E-state index in [1.807, 2.05) is 0 Å². The molecule has 1 saturated carbocycles. The third-order valence-corrected chi connectivity index (χ3v) is 4.83. The second-order valence-electron chi connectivity index (χ2n) is 6.08. The molecule has 1 saturated heterocycles. The lowest BCUT2D eigenvalue weighted by molar-refractivity contribution is -0.0361. The highest BCUT2D eigenvalue weighted by molar-refractivity contribution is 5.93. The van der Waals surface area contributed by atoms with Crippen LogP contribution in [-0.2, 0) is 4.74 Å². The van der Waals surface area contributed by atoms with E-state index in [1.165, 1.54) is 44.6 Å². The van der Waals surface area contributed by atoms with Crippen LogP contribution in [0, 0.1) is 0 Å². The standard InChI is InChI=1S/C16H24N2O3/c19-15(14-4-9-21-12-14)17-13-16(5-2-1-3-6-16)18-7-10-20-11-8-18/h4,9,12H,1-3,5-8,10-11,13H2,(H,17,19). The van der Waals surface area contributed by atoms with E-state index in [0.717, 1.165) is 32.8 Å². The maximum atomic E-state index is 12.2. The molecule has 2 heterocycles. The summed E-state index contributed by atoms with van der Waals surface area (Å²) >= 11 is 0. The summed E-state index contributed by atoms with van der Waals surface area (Å²) in [5, 5.41) is 3.11. The maximum absolute atomic E-state index is 12.2. The predicted octanol–water partition coefficient (Wildman–Crippen LogP) is 2.04. The van der Waals surface area contributed by atoms with Gasteiger partial charge < -0.3 is 14.5 Å². The zero-order valence-corrected chi connectivity index (χ0v) is 12.5. The van der Waals surface area contributed by atoms with Gasteiger partial charge in [-0.25, -0.2) is 0 Å². The van der Waals surface area contributed by atoms with E-state index < -0.39 is 0 Å². The molecule has 0 atom stereocenters. The minimum absolute atomic E-state index is 0.0399. The molecule has 0 unspecified atom stereocenters. The maximum Gasteiger partial charge on any atom is 0.254 e. The highest BCUT2D eigenvalue weighted by Gasteiger charge is 2.38. The van der Waals surface area contributed by atoms with Crippen molar-refractivity contribution in [3.8, 4) is 0 Å². The minimum atomic E-state index is -0.0399. The number of rotatable bonds is 4. The summed E-state index contributed by atoms with van der Waals surface area (Å²) in [6.07, 6.45) is 9.17. The highest BCUT2D eigenvalue weighted by Crippen LogP contribution is 2.33. The van der Waals surface area contributed by atoms with Crippen LogP contribution in [0.4, 0.5) is 0 Å². The van der Waals surface area contributed by atoms with Gasteiger partial charge in [0.05, 0.1) is 25.0 Å². The van der Waals surface area contributed by atoms with E-state index in [2.05, 4.69) is 10.2 Å². The summed E-state index contributed by atoms with van der Waals surface area (Å²) in [6, 6.07) is 1.71. The Labute approximate surface area is 125 Å². The smallest absolute Gasteiger partial charge is 0.254 e. The number of amides is 1. The van der Waals surface area contributed by atoms with Gasteiger partial charge in [-0.15, -0.1) is 0 Å². The topological polar surface area (TPSA) is 54.7 Å². The second-order valence-corrected chi connectivity index (χ2v) is 6.08. The van der Waals surface area contributed by atoms with Crippen molar-refractivity contribution in [2.24, 2.45) is 0 Å². The molecule has 116 valence electrons. The summed E-state index contributed by atoms with van der Waals surface area (Å²) in [4.78, 5) is 14.7. The Morgan fingerprint density at radius 2 is 2.00 bits per heavy atom. The Kier molecular flexibility index (Phi) is 4.60. The van der Waals surface area contributed by atoms with Gasteiger partial charge in [-0.05, 0) is 18.9 Å². The number of furan rings is 1. The van der Waals surface area contributed by atoms with Crippen LogP contribution in [-0.4, -0.2) is 49.2 Å². The van der Waals surface area contributed by atoms with Crippen LogP contribution in [0.15, 0.2) is 23.0 Å². The minimum Gasteiger partial charge on any atom is -0.472 e. The van der Waals surface area contributed by atoms with E-state index in [4.69, 9.17) is 9.15 Å². The normalized spacial score (nSPS) is 22.9. The third-order valence-electron chi connectivity index (χ3n) is 4.83. The first-order valence-electron chi connectivity index (χ1n) is 7.93. The van der Waals surface area contributed by atoms with Gasteiger partial charge in [0.1, 0.15) is 6.26 Å². The van der Waals surface area contributed by atoms with Crippen molar-refractivity contribution in [1.29, 1.82) is 0 Å². The number of carbonyl (C=O) groups excluding carboxylic acids is 1. The summed E-state index contributed by atoms with van der Waals surface area (Å²) in [7, 11) is 0. The molecular formula is C16H24N2O3. The van der Waals surface area contributed by atoms with Crippen LogP contribution in [0.3, 0.4) is 0 Å². The molecule has 1 aliphatic heterocycles. The second kappa shape index (κ2) is 6.62. The van der Waals surface area contributed by atoms with Gasteiger partial charge in [0.2, 0.25) is 0 Å². The Morgan fingerprint density at radius 1 is 1.24 bits per heavy atom. The van der Waals surface area contributed by atoms with Crippen molar-refractivity contribution in [3.05, 3.63) is 24.2 Å². The van der Waals surface area contributed by atoms with Crippen LogP contribution >= 0.6 is 0 Å². The number of nitrogens with one attached hydrogen (secondary N) is 1. The number of carbonyl (C=O) groups is 1. The van der Waals surface area contributed by atoms with Gasteiger partial charge >= 0.3 is 0 Å². The summed E-state index contributed by atoms with van der Waals surface area (Å²) < 4.78 is 10.5. The zero-order valence-electron chi connectivity index (χ0n) is 12.5. The molecule has 2 fully saturated rings. The molecule has 5 nitrogen and oxygen atoms in total.